The molecule has 0 spiro atoms. The van der Waals surface area contributed by atoms with Crippen molar-refractivity contribution in [2.75, 3.05) is 0 Å². The van der Waals surface area contributed by atoms with Gasteiger partial charge in [0.1, 0.15) is 0 Å². The van der Waals surface area contributed by atoms with Gasteiger partial charge in [-0.15, -0.1) is 0 Å². The van der Waals surface area contributed by atoms with Crippen LogP contribution in [0, 0.1) is 0 Å². The van der Waals surface area contributed by atoms with Crippen LogP contribution in [0.15, 0.2) is 41.3 Å². The molecule has 2 aromatic carbocycles. The molecular weight excluding hydrogens is 335 g/mol. The molecule has 4 nitrogen and oxygen atoms in total. The lowest BCUT2D eigenvalue weighted by Gasteiger charge is -2.17. The van der Waals surface area contributed by atoms with Crippen LogP contribution in [0.4, 0.5) is 0 Å². The summed E-state index contributed by atoms with van der Waals surface area (Å²) in [5.74, 6) is -0.806. The van der Waals surface area contributed by atoms with Crippen molar-refractivity contribution in [2.45, 2.75) is 4.90 Å². The van der Waals surface area contributed by atoms with E-state index in [4.69, 9.17) is 22.3 Å². The SMILES string of the molecule is O=C1c2ccc(S(=O)(=O)Cl)cc2C(=O)c2ccc(Cl)cc21. The van der Waals surface area contributed by atoms with Crippen molar-refractivity contribution < 1.29 is 18.0 Å². The molecule has 0 aliphatic heterocycles. The minimum atomic E-state index is -3.97. The van der Waals surface area contributed by atoms with E-state index in [0.29, 0.717) is 5.02 Å². The van der Waals surface area contributed by atoms with E-state index in [-0.39, 0.29) is 32.9 Å². The lowest BCUT2D eigenvalue weighted by atomic mass is 9.84. The molecule has 0 bridgehead atoms. The topological polar surface area (TPSA) is 68.3 Å². The fraction of sp³-hybridized carbons (Fsp3) is 0. The van der Waals surface area contributed by atoms with Crippen molar-refractivity contribution in [1.82, 2.24) is 0 Å². The molecule has 0 N–H and O–H groups in total. The minimum Gasteiger partial charge on any atom is -0.289 e. The van der Waals surface area contributed by atoms with Gasteiger partial charge in [0.05, 0.1) is 4.90 Å². The molecule has 7 heteroatoms. The average molecular weight is 341 g/mol. The molecule has 0 unspecified atom stereocenters. The minimum absolute atomic E-state index is 0.0246. The smallest absolute Gasteiger partial charge is 0.261 e. The van der Waals surface area contributed by atoms with E-state index in [0.717, 1.165) is 6.07 Å². The van der Waals surface area contributed by atoms with Crippen LogP contribution in [0.5, 0.6) is 0 Å². The highest BCUT2D eigenvalue weighted by Crippen LogP contribution is 2.31. The standard InChI is InChI=1S/C14H6Cl2O4S/c15-7-1-3-9-11(5-7)13(17)10-4-2-8(21(16,19)20)6-12(10)14(9)18/h1-6H. The zero-order chi connectivity index (χ0) is 15.4. The van der Waals surface area contributed by atoms with Crippen LogP contribution in [0.3, 0.4) is 0 Å². The fourth-order valence-corrected chi connectivity index (χ4v) is 3.20. The zero-order valence-corrected chi connectivity index (χ0v) is 12.6. The van der Waals surface area contributed by atoms with E-state index < -0.39 is 14.8 Å². The van der Waals surface area contributed by atoms with E-state index >= 15 is 0 Å². The highest BCUT2D eigenvalue weighted by Gasteiger charge is 2.30. The number of hydrogen-bond acceptors (Lipinski definition) is 4. The quantitative estimate of drug-likeness (QED) is 0.638. The van der Waals surface area contributed by atoms with Gasteiger partial charge in [-0.05, 0) is 36.4 Å². The van der Waals surface area contributed by atoms with E-state index in [2.05, 4.69) is 0 Å². The van der Waals surface area contributed by atoms with Gasteiger partial charge in [0, 0.05) is 38.0 Å². The molecule has 1 aliphatic carbocycles. The molecule has 0 fully saturated rings. The maximum Gasteiger partial charge on any atom is 0.261 e. The summed E-state index contributed by atoms with van der Waals surface area (Å²) in [6, 6.07) is 7.97. The predicted octanol–water partition coefficient (Wildman–Crippen LogP) is 3.04. The average Bonchev–Trinajstić information content (AvgIpc) is 2.43. The Hall–Kier alpha value is -1.69. The third-order valence-electron chi connectivity index (χ3n) is 3.23. The summed E-state index contributed by atoms with van der Waals surface area (Å²) in [6.07, 6.45) is 0. The molecule has 3 rings (SSSR count). The number of halogens is 2. The fourth-order valence-electron chi connectivity index (χ4n) is 2.25. The van der Waals surface area contributed by atoms with E-state index in [1.165, 1.54) is 30.3 Å². The van der Waals surface area contributed by atoms with E-state index in [9.17, 15) is 18.0 Å². The van der Waals surface area contributed by atoms with Gasteiger partial charge in [-0.25, -0.2) is 8.42 Å². The molecule has 0 saturated heterocycles. The molecule has 2 aromatic rings. The Bertz CT molecular complexity index is 917. The Morgan fingerprint density at radius 2 is 1.29 bits per heavy atom. The van der Waals surface area contributed by atoms with Gasteiger partial charge < -0.3 is 0 Å². The number of benzene rings is 2. The van der Waals surface area contributed by atoms with Gasteiger partial charge in [-0.1, -0.05) is 11.6 Å². The number of fused-ring (bicyclic) bond motifs is 2. The molecular formula is C14H6Cl2O4S. The maximum atomic E-state index is 12.4. The third-order valence-corrected chi connectivity index (χ3v) is 4.82. The predicted molar refractivity (Wildman–Crippen MR) is 77.8 cm³/mol. The van der Waals surface area contributed by atoms with Crippen molar-refractivity contribution in [1.29, 1.82) is 0 Å². The normalized spacial score (nSPS) is 13.8. The molecule has 0 amide bonds. The van der Waals surface area contributed by atoms with Gasteiger partial charge in [0.15, 0.2) is 11.6 Å². The second kappa shape index (κ2) is 4.66. The monoisotopic (exact) mass is 340 g/mol. The van der Waals surface area contributed by atoms with Crippen LogP contribution in [0.25, 0.3) is 0 Å². The van der Waals surface area contributed by atoms with Crippen LogP contribution < -0.4 is 0 Å². The van der Waals surface area contributed by atoms with Crippen LogP contribution in [0.1, 0.15) is 31.8 Å². The summed E-state index contributed by atoms with van der Waals surface area (Å²) >= 11 is 5.84. The van der Waals surface area contributed by atoms with Gasteiger partial charge in [0.2, 0.25) is 0 Å². The number of hydrogen-bond donors (Lipinski definition) is 0. The first kappa shape index (κ1) is 14.3. The Balaban J connectivity index is 2.28. The lowest BCUT2D eigenvalue weighted by molar-refractivity contribution is 0.0979. The summed E-state index contributed by atoms with van der Waals surface area (Å²) in [5, 5.41) is 0.346. The highest BCUT2D eigenvalue weighted by molar-refractivity contribution is 8.13. The highest BCUT2D eigenvalue weighted by atomic mass is 35.7. The second-order valence-corrected chi connectivity index (χ2v) is 7.50. The summed E-state index contributed by atoms with van der Waals surface area (Å²) in [6.45, 7) is 0. The van der Waals surface area contributed by atoms with Crippen LogP contribution in [-0.4, -0.2) is 20.0 Å². The third kappa shape index (κ3) is 2.27. The van der Waals surface area contributed by atoms with Crippen molar-refractivity contribution in [2.24, 2.45) is 0 Å². The first-order chi connectivity index (χ1) is 9.79. The maximum absolute atomic E-state index is 12.4. The molecule has 0 aromatic heterocycles. The summed E-state index contributed by atoms with van der Waals surface area (Å²) < 4.78 is 22.7. The lowest BCUT2D eigenvalue weighted by Crippen LogP contribution is -2.21. The molecule has 1 aliphatic rings. The van der Waals surface area contributed by atoms with Crippen LogP contribution in [-0.2, 0) is 9.05 Å². The first-order valence-corrected chi connectivity index (χ1v) is 8.45. The molecule has 0 atom stereocenters. The van der Waals surface area contributed by atoms with Crippen molar-refractivity contribution in [3.63, 3.8) is 0 Å². The Kier molecular flexibility index (Phi) is 3.16. The number of carbonyl (C=O) groups is 2. The second-order valence-electron chi connectivity index (χ2n) is 4.49. The molecule has 0 saturated carbocycles. The van der Waals surface area contributed by atoms with Crippen LogP contribution >= 0.6 is 22.3 Å². The summed E-state index contributed by atoms with van der Waals surface area (Å²) in [4.78, 5) is 24.6. The van der Waals surface area contributed by atoms with Gasteiger partial charge in [0.25, 0.3) is 9.05 Å². The Morgan fingerprint density at radius 3 is 1.86 bits per heavy atom. The first-order valence-electron chi connectivity index (χ1n) is 5.77. The van der Waals surface area contributed by atoms with Gasteiger partial charge in [-0.2, -0.15) is 0 Å². The zero-order valence-electron chi connectivity index (χ0n) is 10.3. The van der Waals surface area contributed by atoms with E-state index in [1.807, 2.05) is 0 Å². The number of rotatable bonds is 1. The molecule has 0 heterocycles. The van der Waals surface area contributed by atoms with Gasteiger partial charge >= 0.3 is 0 Å². The van der Waals surface area contributed by atoms with Crippen molar-refractivity contribution in [3.05, 3.63) is 63.7 Å². The van der Waals surface area contributed by atoms with Crippen molar-refractivity contribution >= 4 is 42.9 Å². The van der Waals surface area contributed by atoms with E-state index in [1.54, 1.807) is 0 Å². The van der Waals surface area contributed by atoms with Gasteiger partial charge in [-0.3, -0.25) is 9.59 Å². The summed E-state index contributed by atoms with van der Waals surface area (Å²) in [7, 11) is 1.29. The van der Waals surface area contributed by atoms with Crippen molar-refractivity contribution in [3.8, 4) is 0 Å². The Labute approximate surface area is 129 Å². The van der Waals surface area contributed by atoms with Crippen LogP contribution in [0.2, 0.25) is 5.02 Å². The largest absolute Gasteiger partial charge is 0.289 e. The Morgan fingerprint density at radius 1 is 0.762 bits per heavy atom. The number of ketones is 2. The summed E-state index contributed by atoms with van der Waals surface area (Å²) in [5.41, 5.74) is 0.567. The molecule has 106 valence electrons. The molecule has 21 heavy (non-hydrogen) atoms. The number of carbonyl (C=O) groups excluding carboxylic acids is 2. The molecule has 0 radical (unpaired) electrons.